The molecule has 0 saturated carbocycles. The largest absolute Gasteiger partial charge is 0.371 e. The third-order valence-corrected chi connectivity index (χ3v) is 4.14. The average molecular weight is 259 g/mol. The third-order valence-electron chi connectivity index (χ3n) is 4.14. The fourth-order valence-electron chi connectivity index (χ4n) is 2.90. The van der Waals surface area contributed by atoms with Gasteiger partial charge in [-0.25, -0.2) is 0 Å². The Hall–Kier alpha value is -1.35. The van der Waals surface area contributed by atoms with Gasteiger partial charge in [0.25, 0.3) is 0 Å². The molecule has 1 aliphatic rings. The molecule has 2 N–H and O–H groups in total. The lowest BCUT2D eigenvalue weighted by Crippen LogP contribution is -2.40. The minimum absolute atomic E-state index is 0.366. The van der Waals surface area contributed by atoms with E-state index in [0.717, 1.165) is 31.6 Å². The first-order valence-electron chi connectivity index (χ1n) is 7.09. The summed E-state index contributed by atoms with van der Waals surface area (Å²) in [6, 6.07) is 4.77. The molecule has 3 nitrogen and oxygen atoms in total. The van der Waals surface area contributed by atoms with Gasteiger partial charge in [-0.1, -0.05) is 12.1 Å². The molecule has 0 unspecified atom stereocenters. The standard InChI is InChI=1S/C16H25N3/c1-11-5-6-12(2)16(15(11)13(3)18-4)19-9-7-14(17)8-10-19/h5-6,14H,7-10,17H2,1-4H3/b18-13-. The van der Waals surface area contributed by atoms with Crippen molar-refractivity contribution >= 4 is 11.4 Å². The van der Waals surface area contributed by atoms with E-state index < -0.39 is 0 Å². The van der Waals surface area contributed by atoms with E-state index in [2.05, 4.69) is 42.8 Å². The van der Waals surface area contributed by atoms with Crippen molar-refractivity contribution in [1.29, 1.82) is 0 Å². The second kappa shape index (κ2) is 5.74. The van der Waals surface area contributed by atoms with Gasteiger partial charge in [-0.3, -0.25) is 4.99 Å². The lowest BCUT2D eigenvalue weighted by atomic mass is 9.95. The van der Waals surface area contributed by atoms with E-state index in [-0.39, 0.29) is 0 Å². The molecular weight excluding hydrogens is 234 g/mol. The molecule has 0 aliphatic carbocycles. The van der Waals surface area contributed by atoms with Crippen LogP contribution < -0.4 is 10.6 Å². The number of anilines is 1. The Bertz CT molecular complexity index is 483. The van der Waals surface area contributed by atoms with Gasteiger partial charge < -0.3 is 10.6 Å². The van der Waals surface area contributed by atoms with Gasteiger partial charge in [0.1, 0.15) is 0 Å². The predicted molar refractivity (Wildman–Crippen MR) is 83.5 cm³/mol. The van der Waals surface area contributed by atoms with E-state index in [1.807, 2.05) is 7.05 Å². The lowest BCUT2D eigenvalue weighted by molar-refractivity contribution is 0.500. The van der Waals surface area contributed by atoms with Crippen LogP contribution in [0, 0.1) is 13.8 Å². The maximum Gasteiger partial charge on any atom is 0.0490 e. The van der Waals surface area contributed by atoms with Crippen LogP contribution in [0.4, 0.5) is 5.69 Å². The summed E-state index contributed by atoms with van der Waals surface area (Å²) in [7, 11) is 1.87. The number of piperidine rings is 1. The molecular formula is C16H25N3. The molecule has 0 aromatic heterocycles. The molecule has 0 radical (unpaired) electrons. The van der Waals surface area contributed by atoms with Crippen LogP contribution in [-0.4, -0.2) is 31.9 Å². The Balaban J connectivity index is 2.46. The summed E-state index contributed by atoms with van der Waals surface area (Å²) in [5, 5.41) is 0. The molecule has 0 spiro atoms. The van der Waals surface area contributed by atoms with E-state index in [4.69, 9.17) is 5.73 Å². The first-order chi connectivity index (χ1) is 9.04. The second-order valence-corrected chi connectivity index (χ2v) is 5.56. The Morgan fingerprint density at radius 3 is 2.37 bits per heavy atom. The fraction of sp³-hybridized carbons (Fsp3) is 0.562. The molecule has 0 amide bonds. The number of hydrogen-bond donors (Lipinski definition) is 1. The predicted octanol–water partition coefficient (Wildman–Crippen LogP) is 2.67. The quantitative estimate of drug-likeness (QED) is 0.830. The summed E-state index contributed by atoms with van der Waals surface area (Å²) >= 11 is 0. The lowest BCUT2D eigenvalue weighted by Gasteiger charge is -2.35. The van der Waals surface area contributed by atoms with Crippen LogP contribution >= 0.6 is 0 Å². The summed E-state index contributed by atoms with van der Waals surface area (Å²) in [6.07, 6.45) is 2.16. The number of rotatable bonds is 2. The van der Waals surface area contributed by atoms with Crippen LogP contribution in [0.3, 0.4) is 0 Å². The molecule has 1 heterocycles. The van der Waals surface area contributed by atoms with Crippen molar-refractivity contribution in [3.63, 3.8) is 0 Å². The van der Waals surface area contributed by atoms with Gasteiger partial charge >= 0.3 is 0 Å². The van der Waals surface area contributed by atoms with Crippen LogP contribution in [0.25, 0.3) is 0 Å². The number of nitrogens with two attached hydrogens (primary N) is 1. The summed E-state index contributed by atoms with van der Waals surface area (Å²) in [5.41, 5.74) is 12.4. The maximum atomic E-state index is 6.02. The fourth-order valence-corrected chi connectivity index (χ4v) is 2.90. The summed E-state index contributed by atoms with van der Waals surface area (Å²) < 4.78 is 0. The number of benzene rings is 1. The Morgan fingerprint density at radius 2 is 1.79 bits per heavy atom. The minimum Gasteiger partial charge on any atom is -0.371 e. The molecule has 1 aromatic rings. The smallest absolute Gasteiger partial charge is 0.0490 e. The molecule has 0 atom stereocenters. The molecule has 3 heteroatoms. The highest BCUT2D eigenvalue weighted by Crippen LogP contribution is 2.30. The highest BCUT2D eigenvalue weighted by molar-refractivity contribution is 6.05. The van der Waals surface area contributed by atoms with Gasteiger partial charge in [0.15, 0.2) is 0 Å². The van der Waals surface area contributed by atoms with Crippen molar-refractivity contribution in [2.24, 2.45) is 10.7 Å². The average Bonchev–Trinajstić information content (AvgIpc) is 2.41. The van der Waals surface area contributed by atoms with E-state index >= 15 is 0 Å². The minimum atomic E-state index is 0.366. The number of hydrogen-bond acceptors (Lipinski definition) is 3. The van der Waals surface area contributed by atoms with Crippen molar-refractivity contribution in [2.75, 3.05) is 25.0 Å². The van der Waals surface area contributed by atoms with Gasteiger partial charge in [-0.05, 0) is 44.7 Å². The van der Waals surface area contributed by atoms with Gasteiger partial charge in [0.05, 0.1) is 0 Å². The number of aliphatic imine (C=N–C) groups is 1. The molecule has 0 bridgehead atoms. The first-order valence-corrected chi connectivity index (χ1v) is 7.09. The zero-order chi connectivity index (χ0) is 14.0. The maximum absolute atomic E-state index is 6.02. The summed E-state index contributed by atoms with van der Waals surface area (Å²) in [6.45, 7) is 8.56. The molecule has 2 rings (SSSR count). The van der Waals surface area contributed by atoms with Crippen molar-refractivity contribution in [2.45, 2.75) is 39.7 Å². The van der Waals surface area contributed by atoms with Gasteiger partial charge in [0, 0.05) is 43.1 Å². The van der Waals surface area contributed by atoms with Gasteiger partial charge in [-0.15, -0.1) is 0 Å². The van der Waals surface area contributed by atoms with E-state index in [9.17, 15) is 0 Å². The monoisotopic (exact) mass is 259 g/mol. The van der Waals surface area contributed by atoms with Crippen LogP contribution in [0.1, 0.15) is 36.5 Å². The SMILES string of the molecule is C/N=C(/C)c1c(C)ccc(C)c1N1CCC(N)CC1. The van der Waals surface area contributed by atoms with Gasteiger partial charge in [0.2, 0.25) is 0 Å². The Labute approximate surface area is 116 Å². The highest BCUT2D eigenvalue weighted by Gasteiger charge is 2.21. The number of nitrogens with zero attached hydrogens (tertiary/aromatic N) is 2. The van der Waals surface area contributed by atoms with E-state index in [0.29, 0.717) is 6.04 Å². The molecule has 1 aromatic carbocycles. The molecule has 1 fully saturated rings. The van der Waals surface area contributed by atoms with Crippen LogP contribution in [0.15, 0.2) is 17.1 Å². The normalized spacial score (nSPS) is 17.9. The Morgan fingerprint density at radius 1 is 1.21 bits per heavy atom. The molecule has 19 heavy (non-hydrogen) atoms. The van der Waals surface area contributed by atoms with Crippen LogP contribution in [0.2, 0.25) is 0 Å². The Kier molecular flexibility index (Phi) is 4.25. The van der Waals surface area contributed by atoms with Crippen molar-refractivity contribution in [1.82, 2.24) is 0 Å². The first kappa shape index (κ1) is 14.1. The summed E-state index contributed by atoms with van der Waals surface area (Å²) in [4.78, 5) is 6.88. The highest BCUT2D eigenvalue weighted by atomic mass is 15.1. The zero-order valence-electron chi connectivity index (χ0n) is 12.5. The van der Waals surface area contributed by atoms with Crippen molar-refractivity contribution in [3.05, 3.63) is 28.8 Å². The third kappa shape index (κ3) is 2.81. The van der Waals surface area contributed by atoms with Crippen molar-refractivity contribution < 1.29 is 0 Å². The van der Waals surface area contributed by atoms with E-state index in [1.54, 1.807) is 0 Å². The van der Waals surface area contributed by atoms with Gasteiger partial charge in [-0.2, -0.15) is 0 Å². The number of aryl methyl sites for hydroxylation is 2. The molecule has 104 valence electrons. The van der Waals surface area contributed by atoms with Crippen LogP contribution in [0.5, 0.6) is 0 Å². The summed E-state index contributed by atoms with van der Waals surface area (Å²) in [5.74, 6) is 0. The molecule has 1 aliphatic heterocycles. The van der Waals surface area contributed by atoms with Crippen molar-refractivity contribution in [3.8, 4) is 0 Å². The van der Waals surface area contributed by atoms with Crippen LogP contribution in [-0.2, 0) is 0 Å². The topological polar surface area (TPSA) is 41.6 Å². The zero-order valence-corrected chi connectivity index (χ0v) is 12.5. The van der Waals surface area contributed by atoms with E-state index in [1.165, 1.54) is 22.4 Å². The molecule has 1 saturated heterocycles. The second-order valence-electron chi connectivity index (χ2n) is 5.56.